The van der Waals surface area contributed by atoms with Gasteiger partial charge in [-0.2, -0.15) is 0 Å². The molecule has 0 aromatic carbocycles. The number of aliphatic hydroxyl groups excluding tert-OH is 4. The minimum Gasteiger partial charge on any atom is -0.396 e. The molecule has 0 amide bonds. The van der Waals surface area contributed by atoms with Crippen LogP contribution in [-0.2, 0) is 4.79 Å². The standard InChI is InChI=1S/C7H12O5/c8-2-3-1-4(9)6(11)7(12)5(3)10/h3,5-8,10-12H,1-2H2/t3?,5-,6?,7?/m1/s1. The summed E-state index contributed by atoms with van der Waals surface area (Å²) < 4.78 is 0. The van der Waals surface area contributed by atoms with Crippen molar-refractivity contribution in [1.29, 1.82) is 0 Å². The van der Waals surface area contributed by atoms with Crippen molar-refractivity contribution < 1.29 is 25.2 Å². The number of rotatable bonds is 1. The monoisotopic (exact) mass is 176 g/mol. The fourth-order valence-corrected chi connectivity index (χ4v) is 1.33. The van der Waals surface area contributed by atoms with Gasteiger partial charge in [0.1, 0.15) is 12.2 Å². The lowest BCUT2D eigenvalue weighted by molar-refractivity contribution is -0.156. The fourth-order valence-electron chi connectivity index (χ4n) is 1.33. The number of hydrogen-bond acceptors (Lipinski definition) is 5. The Labute approximate surface area is 69.3 Å². The largest absolute Gasteiger partial charge is 0.396 e. The summed E-state index contributed by atoms with van der Waals surface area (Å²) in [5, 5.41) is 36.0. The highest BCUT2D eigenvalue weighted by Gasteiger charge is 2.41. The number of Topliss-reactive ketones (excluding diaryl/α,β-unsaturated/α-hetero) is 1. The molecule has 0 bridgehead atoms. The minimum absolute atomic E-state index is 0.0874. The van der Waals surface area contributed by atoms with E-state index in [2.05, 4.69) is 0 Å². The molecule has 3 unspecified atom stereocenters. The van der Waals surface area contributed by atoms with E-state index in [0.717, 1.165) is 0 Å². The van der Waals surface area contributed by atoms with Crippen LogP contribution in [0.15, 0.2) is 0 Å². The van der Waals surface area contributed by atoms with Crippen molar-refractivity contribution in [3.05, 3.63) is 0 Å². The van der Waals surface area contributed by atoms with Crippen molar-refractivity contribution in [3.63, 3.8) is 0 Å². The van der Waals surface area contributed by atoms with E-state index in [9.17, 15) is 9.90 Å². The Bertz CT molecular complexity index is 179. The molecule has 1 saturated carbocycles. The first-order chi connectivity index (χ1) is 5.57. The van der Waals surface area contributed by atoms with Gasteiger partial charge in [0.05, 0.1) is 6.10 Å². The summed E-state index contributed by atoms with van der Waals surface area (Å²) in [6.45, 7) is -0.364. The van der Waals surface area contributed by atoms with Gasteiger partial charge in [-0.3, -0.25) is 4.79 Å². The molecule has 70 valence electrons. The van der Waals surface area contributed by atoms with E-state index in [0.29, 0.717) is 0 Å². The van der Waals surface area contributed by atoms with Gasteiger partial charge >= 0.3 is 0 Å². The third-order valence-electron chi connectivity index (χ3n) is 2.18. The first-order valence-corrected chi connectivity index (χ1v) is 3.75. The SMILES string of the molecule is O=C1CC(CO)[C@@H](O)C(O)C1O. The van der Waals surface area contributed by atoms with Crippen molar-refractivity contribution in [2.24, 2.45) is 5.92 Å². The normalized spacial score (nSPS) is 43.2. The molecule has 0 saturated heterocycles. The summed E-state index contributed by atoms with van der Waals surface area (Å²) in [5.41, 5.74) is 0. The van der Waals surface area contributed by atoms with Crippen molar-refractivity contribution in [2.45, 2.75) is 24.7 Å². The summed E-state index contributed by atoms with van der Waals surface area (Å²) >= 11 is 0. The van der Waals surface area contributed by atoms with Gasteiger partial charge < -0.3 is 20.4 Å². The maximum Gasteiger partial charge on any atom is 0.164 e. The predicted molar refractivity (Wildman–Crippen MR) is 38.2 cm³/mol. The molecule has 1 fully saturated rings. The average Bonchev–Trinajstić information content (AvgIpc) is 2.08. The summed E-state index contributed by atoms with van der Waals surface area (Å²) in [5.74, 6) is -1.19. The van der Waals surface area contributed by atoms with Crippen molar-refractivity contribution in [3.8, 4) is 0 Å². The van der Waals surface area contributed by atoms with Gasteiger partial charge in [0.2, 0.25) is 0 Å². The molecule has 1 aliphatic rings. The van der Waals surface area contributed by atoms with E-state index in [4.69, 9.17) is 15.3 Å². The second kappa shape index (κ2) is 3.49. The van der Waals surface area contributed by atoms with Crippen LogP contribution >= 0.6 is 0 Å². The minimum atomic E-state index is -1.51. The zero-order valence-corrected chi connectivity index (χ0v) is 6.42. The molecule has 0 radical (unpaired) electrons. The Morgan fingerprint density at radius 1 is 1.25 bits per heavy atom. The van der Waals surface area contributed by atoms with Crippen molar-refractivity contribution in [1.82, 2.24) is 0 Å². The predicted octanol–water partition coefficient (Wildman–Crippen LogP) is -2.35. The van der Waals surface area contributed by atoms with Crippen LogP contribution in [0.5, 0.6) is 0 Å². The second-order valence-electron chi connectivity index (χ2n) is 3.04. The van der Waals surface area contributed by atoms with E-state index < -0.39 is 30.0 Å². The molecular formula is C7H12O5. The van der Waals surface area contributed by atoms with Crippen molar-refractivity contribution >= 4 is 5.78 Å². The van der Waals surface area contributed by atoms with Gasteiger partial charge in [0.15, 0.2) is 5.78 Å². The molecule has 0 spiro atoms. The Kier molecular flexibility index (Phi) is 2.79. The summed E-state index contributed by atoms with van der Waals surface area (Å²) in [7, 11) is 0. The van der Waals surface area contributed by atoms with E-state index in [1.165, 1.54) is 0 Å². The molecule has 5 heteroatoms. The van der Waals surface area contributed by atoms with Crippen LogP contribution in [0.2, 0.25) is 0 Å². The topological polar surface area (TPSA) is 98.0 Å². The Balaban J connectivity index is 2.70. The van der Waals surface area contributed by atoms with E-state index >= 15 is 0 Å². The van der Waals surface area contributed by atoms with Crippen LogP contribution in [0.25, 0.3) is 0 Å². The summed E-state index contributed by atoms with van der Waals surface area (Å²) in [6, 6.07) is 0. The molecule has 12 heavy (non-hydrogen) atoms. The molecule has 0 aromatic heterocycles. The smallest absolute Gasteiger partial charge is 0.164 e. The molecular weight excluding hydrogens is 164 g/mol. The third kappa shape index (κ3) is 1.49. The van der Waals surface area contributed by atoms with Crippen LogP contribution < -0.4 is 0 Å². The Morgan fingerprint density at radius 2 is 1.83 bits per heavy atom. The molecule has 0 aromatic rings. The molecule has 1 aliphatic carbocycles. The van der Waals surface area contributed by atoms with Gasteiger partial charge in [-0.1, -0.05) is 0 Å². The highest BCUT2D eigenvalue weighted by Crippen LogP contribution is 2.22. The average molecular weight is 176 g/mol. The first kappa shape index (κ1) is 9.60. The van der Waals surface area contributed by atoms with Crippen LogP contribution in [0.3, 0.4) is 0 Å². The molecule has 4 atom stereocenters. The Hall–Kier alpha value is -0.490. The molecule has 0 aliphatic heterocycles. The van der Waals surface area contributed by atoms with E-state index in [1.807, 2.05) is 0 Å². The number of hydrogen-bond donors (Lipinski definition) is 4. The molecule has 1 rings (SSSR count). The fraction of sp³-hybridized carbons (Fsp3) is 0.857. The Morgan fingerprint density at radius 3 is 2.33 bits per heavy atom. The zero-order valence-electron chi connectivity index (χ0n) is 6.42. The van der Waals surface area contributed by atoms with Crippen LogP contribution in [0.1, 0.15) is 6.42 Å². The molecule has 4 N–H and O–H groups in total. The number of carbonyl (C=O) groups is 1. The lowest BCUT2D eigenvalue weighted by Gasteiger charge is -2.32. The van der Waals surface area contributed by atoms with Crippen molar-refractivity contribution in [2.75, 3.05) is 6.61 Å². The van der Waals surface area contributed by atoms with Crippen LogP contribution in [-0.4, -0.2) is 51.1 Å². The quantitative estimate of drug-likeness (QED) is 0.358. The maximum atomic E-state index is 10.9. The number of ketones is 1. The molecule has 0 heterocycles. The lowest BCUT2D eigenvalue weighted by atomic mass is 9.82. The van der Waals surface area contributed by atoms with Gasteiger partial charge in [0.25, 0.3) is 0 Å². The van der Waals surface area contributed by atoms with Gasteiger partial charge in [-0.15, -0.1) is 0 Å². The molecule has 5 nitrogen and oxygen atoms in total. The van der Waals surface area contributed by atoms with Gasteiger partial charge in [0, 0.05) is 18.9 Å². The highest BCUT2D eigenvalue weighted by molar-refractivity contribution is 5.84. The summed E-state index contributed by atoms with van der Waals surface area (Å²) in [4.78, 5) is 10.9. The van der Waals surface area contributed by atoms with Gasteiger partial charge in [-0.05, 0) is 0 Å². The maximum absolute atomic E-state index is 10.9. The van der Waals surface area contributed by atoms with Crippen LogP contribution in [0.4, 0.5) is 0 Å². The summed E-state index contributed by atoms with van der Waals surface area (Å²) in [6.07, 6.45) is -4.29. The van der Waals surface area contributed by atoms with E-state index in [-0.39, 0.29) is 13.0 Å². The van der Waals surface area contributed by atoms with E-state index in [1.54, 1.807) is 0 Å². The third-order valence-corrected chi connectivity index (χ3v) is 2.18. The van der Waals surface area contributed by atoms with Crippen LogP contribution in [0, 0.1) is 5.92 Å². The zero-order chi connectivity index (χ0) is 9.30. The number of carbonyl (C=O) groups excluding carboxylic acids is 1. The second-order valence-corrected chi connectivity index (χ2v) is 3.04. The number of aliphatic hydroxyl groups is 4. The highest BCUT2D eigenvalue weighted by atomic mass is 16.4. The first-order valence-electron chi connectivity index (χ1n) is 3.75. The van der Waals surface area contributed by atoms with Gasteiger partial charge in [-0.25, -0.2) is 0 Å². The lowest BCUT2D eigenvalue weighted by Crippen LogP contribution is -2.52.